The largest absolute Gasteiger partial charge is 0.383 e. The molecule has 1 saturated heterocycles. The maximum Gasteiger partial charge on any atom is 0.132 e. The minimum absolute atomic E-state index is 0.549. The molecule has 1 unspecified atom stereocenters. The van der Waals surface area contributed by atoms with E-state index in [1.54, 1.807) is 6.20 Å². The van der Waals surface area contributed by atoms with E-state index in [9.17, 15) is 0 Å². The lowest BCUT2D eigenvalue weighted by Gasteiger charge is -2.12. The number of imidazole rings is 1. The highest BCUT2D eigenvalue weighted by Gasteiger charge is 2.16. The van der Waals surface area contributed by atoms with Crippen molar-refractivity contribution in [3.63, 3.8) is 0 Å². The standard InChI is InChI=1S/C14H18N4O/c15-14-12(2-1-5-17-14)13-8-16-10-18(13)6-3-11-4-7-19-9-11/h1-2,5,8,10-11H,3-4,6-7,9H2,(H2,15,17). The molecule has 2 aromatic rings. The Hall–Kier alpha value is -1.88. The van der Waals surface area contributed by atoms with Gasteiger partial charge in [-0.2, -0.15) is 0 Å². The van der Waals surface area contributed by atoms with Crippen LogP contribution in [0.1, 0.15) is 12.8 Å². The molecule has 5 nitrogen and oxygen atoms in total. The van der Waals surface area contributed by atoms with Crippen molar-refractivity contribution in [3.8, 4) is 11.3 Å². The maximum atomic E-state index is 5.93. The highest BCUT2D eigenvalue weighted by molar-refractivity contribution is 5.70. The van der Waals surface area contributed by atoms with E-state index in [1.807, 2.05) is 24.7 Å². The van der Waals surface area contributed by atoms with Gasteiger partial charge in [0.2, 0.25) is 0 Å². The fourth-order valence-electron chi connectivity index (χ4n) is 2.49. The summed E-state index contributed by atoms with van der Waals surface area (Å²) in [6.07, 6.45) is 7.69. The monoisotopic (exact) mass is 258 g/mol. The van der Waals surface area contributed by atoms with Crippen molar-refractivity contribution < 1.29 is 4.74 Å². The summed E-state index contributed by atoms with van der Waals surface area (Å²) in [5.74, 6) is 1.22. The molecule has 0 amide bonds. The molecule has 0 radical (unpaired) electrons. The number of nitrogens with two attached hydrogens (primary N) is 1. The van der Waals surface area contributed by atoms with Crippen LogP contribution in [0.15, 0.2) is 30.9 Å². The normalized spacial score (nSPS) is 18.8. The second-order valence-electron chi connectivity index (χ2n) is 4.93. The van der Waals surface area contributed by atoms with Crippen LogP contribution in [0, 0.1) is 5.92 Å². The van der Waals surface area contributed by atoms with Crippen LogP contribution in [0.4, 0.5) is 5.82 Å². The van der Waals surface area contributed by atoms with E-state index in [1.165, 1.54) is 6.42 Å². The van der Waals surface area contributed by atoms with Crippen molar-refractivity contribution in [1.82, 2.24) is 14.5 Å². The summed E-state index contributed by atoms with van der Waals surface area (Å²) in [5, 5.41) is 0. The lowest BCUT2D eigenvalue weighted by molar-refractivity contribution is 0.183. The van der Waals surface area contributed by atoms with Gasteiger partial charge < -0.3 is 15.0 Å². The summed E-state index contributed by atoms with van der Waals surface area (Å²) in [6.45, 7) is 2.73. The second-order valence-corrected chi connectivity index (χ2v) is 4.93. The Balaban J connectivity index is 1.76. The molecule has 0 aliphatic carbocycles. The third-order valence-electron chi connectivity index (χ3n) is 3.63. The fourth-order valence-corrected chi connectivity index (χ4v) is 2.49. The van der Waals surface area contributed by atoms with Crippen molar-refractivity contribution in [2.75, 3.05) is 18.9 Å². The van der Waals surface area contributed by atoms with Gasteiger partial charge in [0.15, 0.2) is 0 Å². The molecule has 1 aliphatic heterocycles. The predicted molar refractivity (Wildman–Crippen MR) is 73.4 cm³/mol. The van der Waals surface area contributed by atoms with Crippen LogP contribution in [0.3, 0.4) is 0 Å². The molecule has 1 atom stereocenters. The van der Waals surface area contributed by atoms with Gasteiger partial charge in [-0.1, -0.05) is 0 Å². The molecule has 0 bridgehead atoms. The van der Waals surface area contributed by atoms with Crippen molar-refractivity contribution in [3.05, 3.63) is 30.9 Å². The Morgan fingerprint density at radius 2 is 2.42 bits per heavy atom. The molecule has 100 valence electrons. The van der Waals surface area contributed by atoms with Gasteiger partial charge >= 0.3 is 0 Å². The summed E-state index contributed by atoms with van der Waals surface area (Å²) in [6, 6.07) is 3.88. The highest BCUT2D eigenvalue weighted by Crippen LogP contribution is 2.25. The van der Waals surface area contributed by atoms with E-state index in [4.69, 9.17) is 10.5 Å². The first kappa shape index (κ1) is 12.2. The van der Waals surface area contributed by atoms with Gasteiger partial charge in [-0.3, -0.25) is 0 Å². The van der Waals surface area contributed by atoms with Gasteiger partial charge in [-0.15, -0.1) is 0 Å². The lowest BCUT2D eigenvalue weighted by atomic mass is 10.1. The van der Waals surface area contributed by atoms with Crippen molar-refractivity contribution in [1.29, 1.82) is 0 Å². The number of hydrogen-bond acceptors (Lipinski definition) is 4. The molecule has 1 fully saturated rings. The van der Waals surface area contributed by atoms with Gasteiger partial charge in [0.05, 0.1) is 18.2 Å². The summed E-state index contributed by atoms with van der Waals surface area (Å²) < 4.78 is 7.55. The van der Waals surface area contributed by atoms with E-state index in [-0.39, 0.29) is 0 Å². The zero-order valence-corrected chi connectivity index (χ0v) is 10.8. The molecule has 0 spiro atoms. The average molecular weight is 258 g/mol. The first-order valence-electron chi connectivity index (χ1n) is 6.63. The highest BCUT2D eigenvalue weighted by atomic mass is 16.5. The number of rotatable bonds is 4. The Labute approximate surface area is 112 Å². The van der Waals surface area contributed by atoms with E-state index in [0.717, 1.165) is 37.4 Å². The summed E-state index contributed by atoms with van der Waals surface area (Å²) in [7, 11) is 0. The number of nitrogen functional groups attached to an aromatic ring is 1. The molecule has 1 aliphatic rings. The van der Waals surface area contributed by atoms with Crippen molar-refractivity contribution in [2.24, 2.45) is 5.92 Å². The number of ether oxygens (including phenoxy) is 1. The number of aromatic nitrogens is 3. The summed E-state index contributed by atoms with van der Waals surface area (Å²) >= 11 is 0. The molecule has 2 N–H and O–H groups in total. The third kappa shape index (κ3) is 2.61. The number of aryl methyl sites for hydroxylation is 1. The molecular weight excluding hydrogens is 240 g/mol. The van der Waals surface area contributed by atoms with E-state index in [0.29, 0.717) is 11.7 Å². The van der Waals surface area contributed by atoms with Crippen LogP contribution >= 0.6 is 0 Å². The minimum Gasteiger partial charge on any atom is -0.383 e. The smallest absolute Gasteiger partial charge is 0.132 e. The molecule has 3 heterocycles. The molecule has 2 aromatic heterocycles. The van der Waals surface area contributed by atoms with Crippen molar-refractivity contribution in [2.45, 2.75) is 19.4 Å². The predicted octanol–water partition coefficient (Wildman–Crippen LogP) is 1.95. The van der Waals surface area contributed by atoms with Gasteiger partial charge in [0, 0.05) is 31.5 Å². The summed E-state index contributed by atoms with van der Waals surface area (Å²) in [4.78, 5) is 8.36. The molecule has 3 rings (SSSR count). The van der Waals surface area contributed by atoms with E-state index >= 15 is 0 Å². The van der Waals surface area contributed by atoms with Crippen LogP contribution in [0.25, 0.3) is 11.3 Å². The molecule has 0 aromatic carbocycles. The lowest BCUT2D eigenvalue weighted by Crippen LogP contribution is -2.07. The van der Waals surface area contributed by atoms with Crippen LogP contribution < -0.4 is 5.73 Å². The maximum absolute atomic E-state index is 5.93. The Kier molecular flexibility index (Phi) is 3.46. The Bertz CT molecular complexity index is 546. The molecule has 0 saturated carbocycles. The van der Waals surface area contributed by atoms with Gasteiger partial charge in [-0.25, -0.2) is 9.97 Å². The number of pyridine rings is 1. The van der Waals surface area contributed by atoms with Crippen LogP contribution in [-0.2, 0) is 11.3 Å². The Morgan fingerprint density at radius 3 is 3.21 bits per heavy atom. The first-order chi connectivity index (χ1) is 9.34. The van der Waals surface area contributed by atoms with E-state index in [2.05, 4.69) is 14.5 Å². The van der Waals surface area contributed by atoms with Crippen LogP contribution in [-0.4, -0.2) is 27.7 Å². The summed E-state index contributed by atoms with van der Waals surface area (Å²) in [5.41, 5.74) is 7.91. The number of hydrogen-bond donors (Lipinski definition) is 1. The molecular formula is C14H18N4O. The number of nitrogens with zero attached hydrogens (tertiary/aromatic N) is 3. The molecule has 5 heteroatoms. The number of anilines is 1. The minimum atomic E-state index is 0.549. The third-order valence-corrected chi connectivity index (χ3v) is 3.63. The second kappa shape index (κ2) is 5.40. The van der Waals surface area contributed by atoms with Crippen LogP contribution in [0.5, 0.6) is 0 Å². The quantitative estimate of drug-likeness (QED) is 0.910. The van der Waals surface area contributed by atoms with E-state index < -0.39 is 0 Å². The van der Waals surface area contributed by atoms with Crippen molar-refractivity contribution >= 4 is 5.82 Å². The van der Waals surface area contributed by atoms with Crippen LogP contribution in [0.2, 0.25) is 0 Å². The Morgan fingerprint density at radius 1 is 1.47 bits per heavy atom. The SMILES string of the molecule is Nc1ncccc1-c1cncn1CCC1CCOC1. The zero-order chi connectivity index (χ0) is 13.1. The molecule has 19 heavy (non-hydrogen) atoms. The van der Waals surface area contributed by atoms with Gasteiger partial charge in [0.1, 0.15) is 5.82 Å². The average Bonchev–Trinajstić information content (AvgIpc) is 3.08. The fraction of sp³-hybridized carbons (Fsp3) is 0.429. The van der Waals surface area contributed by atoms with Gasteiger partial charge in [0.25, 0.3) is 0 Å². The first-order valence-corrected chi connectivity index (χ1v) is 6.63. The topological polar surface area (TPSA) is 66.0 Å². The van der Waals surface area contributed by atoms with Gasteiger partial charge in [-0.05, 0) is 30.9 Å². The zero-order valence-electron chi connectivity index (χ0n) is 10.8.